The van der Waals surface area contributed by atoms with E-state index in [4.69, 9.17) is 5.11 Å². The van der Waals surface area contributed by atoms with Crippen molar-refractivity contribution in [3.05, 3.63) is 17.7 Å². The summed E-state index contributed by atoms with van der Waals surface area (Å²) in [5.74, 6) is 1.79. The minimum Gasteiger partial charge on any atom is -0.477 e. The van der Waals surface area contributed by atoms with Gasteiger partial charge in [-0.2, -0.15) is 11.8 Å². The summed E-state index contributed by atoms with van der Waals surface area (Å²) in [5.41, 5.74) is 0.150. The number of aromatic nitrogens is 2. The number of aromatic amines is 1. The second-order valence-corrected chi connectivity index (χ2v) is 4.22. The number of imidazole rings is 1. The van der Waals surface area contributed by atoms with Crippen molar-refractivity contribution in [2.75, 3.05) is 18.1 Å². The molecule has 0 spiro atoms. The zero-order valence-electron chi connectivity index (χ0n) is 7.49. The van der Waals surface area contributed by atoms with E-state index in [1.807, 2.05) is 11.8 Å². The summed E-state index contributed by atoms with van der Waals surface area (Å²) in [4.78, 5) is 17.4. The maximum absolute atomic E-state index is 10.6. The number of nitrogens with one attached hydrogen (secondary N) is 2. The quantitative estimate of drug-likeness (QED) is 0.666. The van der Waals surface area contributed by atoms with Crippen molar-refractivity contribution < 1.29 is 9.90 Å². The lowest BCUT2D eigenvalue weighted by Gasteiger charge is -2.20. The zero-order chi connectivity index (χ0) is 9.97. The largest absolute Gasteiger partial charge is 0.477 e. The molecule has 1 saturated heterocycles. The molecule has 1 atom stereocenters. The zero-order valence-corrected chi connectivity index (χ0v) is 8.30. The Morgan fingerprint density at radius 1 is 1.71 bits per heavy atom. The number of rotatable bonds is 2. The highest BCUT2D eigenvalue weighted by molar-refractivity contribution is 7.99. The van der Waals surface area contributed by atoms with Crippen LogP contribution in [0.25, 0.3) is 0 Å². The fraction of sp³-hybridized carbons (Fsp3) is 0.500. The first kappa shape index (κ1) is 9.54. The van der Waals surface area contributed by atoms with Gasteiger partial charge >= 0.3 is 5.97 Å². The second kappa shape index (κ2) is 4.02. The third-order valence-corrected chi connectivity index (χ3v) is 3.14. The molecule has 0 radical (unpaired) electrons. The van der Waals surface area contributed by atoms with E-state index in [0.717, 1.165) is 23.9 Å². The third kappa shape index (κ3) is 1.91. The van der Waals surface area contributed by atoms with Crippen LogP contribution < -0.4 is 5.32 Å². The van der Waals surface area contributed by atoms with Gasteiger partial charge in [0.2, 0.25) is 0 Å². The molecule has 1 unspecified atom stereocenters. The van der Waals surface area contributed by atoms with Gasteiger partial charge < -0.3 is 15.4 Å². The lowest BCUT2D eigenvalue weighted by atomic mass is 10.3. The first-order chi connectivity index (χ1) is 6.77. The molecular weight excluding hydrogens is 202 g/mol. The lowest BCUT2D eigenvalue weighted by molar-refractivity contribution is 0.0691. The van der Waals surface area contributed by atoms with Crippen LogP contribution >= 0.6 is 11.8 Å². The molecule has 0 aliphatic carbocycles. The number of aromatic carboxylic acids is 1. The molecule has 0 amide bonds. The fourth-order valence-corrected chi connectivity index (χ4v) is 2.30. The van der Waals surface area contributed by atoms with Gasteiger partial charge in [0, 0.05) is 18.1 Å². The SMILES string of the molecule is O=C(O)c1cnc(C2CSCCN2)[nH]1. The molecule has 76 valence electrons. The van der Waals surface area contributed by atoms with Crippen molar-refractivity contribution in [2.24, 2.45) is 0 Å². The molecule has 0 saturated carbocycles. The van der Waals surface area contributed by atoms with Gasteiger partial charge in [-0.05, 0) is 0 Å². The van der Waals surface area contributed by atoms with E-state index in [1.165, 1.54) is 6.20 Å². The predicted molar refractivity (Wildman–Crippen MR) is 53.6 cm³/mol. The molecule has 3 N–H and O–H groups in total. The molecule has 14 heavy (non-hydrogen) atoms. The Labute approximate surface area is 85.3 Å². The molecule has 1 aliphatic rings. The van der Waals surface area contributed by atoms with Crippen LogP contribution in [0.1, 0.15) is 22.4 Å². The summed E-state index contributed by atoms with van der Waals surface area (Å²) in [5, 5.41) is 12.0. The van der Waals surface area contributed by atoms with Crippen molar-refractivity contribution in [3.63, 3.8) is 0 Å². The van der Waals surface area contributed by atoms with Crippen LogP contribution in [-0.2, 0) is 0 Å². The van der Waals surface area contributed by atoms with Gasteiger partial charge in [-0.1, -0.05) is 0 Å². The van der Waals surface area contributed by atoms with Crippen LogP contribution in [-0.4, -0.2) is 39.1 Å². The molecule has 2 rings (SSSR count). The van der Waals surface area contributed by atoms with Crippen LogP contribution in [0.5, 0.6) is 0 Å². The molecule has 0 bridgehead atoms. The Balaban J connectivity index is 2.11. The minimum atomic E-state index is -0.966. The number of carboxylic acid groups (broad SMARTS) is 1. The van der Waals surface area contributed by atoms with Crippen molar-refractivity contribution in [2.45, 2.75) is 6.04 Å². The summed E-state index contributed by atoms with van der Waals surface area (Å²) in [6, 6.07) is 0.154. The van der Waals surface area contributed by atoms with Crippen LogP contribution in [0.2, 0.25) is 0 Å². The van der Waals surface area contributed by atoms with E-state index in [1.54, 1.807) is 0 Å². The topological polar surface area (TPSA) is 78.0 Å². The van der Waals surface area contributed by atoms with Gasteiger partial charge in [-0.15, -0.1) is 0 Å². The van der Waals surface area contributed by atoms with E-state index in [2.05, 4.69) is 15.3 Å². The average molecular weight is 213 g/mol. The monoisotopic (exact) mass is 213 g/mol. The van der Waals surface area contributed by atoms with Crippen molar-refractivity contribution in [1.29, 1.82) is 0 Å². The number of carboxylic acids is 1. The molecule has 2 heterocycles. The Kier molecular flexibility index (Phi) is 2.74. The van der Waals surface area contributed by atoms with Gasteiger partial charge in [0.25, 0.3) is 0 Å². The van der Waals surface area contributed by atoms with Crippen LogP contribution in [0, 0.1) is 0 Å². The Hall–Kier alpha value is -1.01. The molecular formula is C8H11N3O2S. The maximum atomic E-state index is 10.6. The number of nitrogens with zero attached hydrogens (tertiary/aromatic N) is 1. The third-order valence-electron chi connectivity index (χ3n) is 2.08. The molecule has 0 aromatic carbocycles. The predicted octanol–water partition coefficient (Wildman–Crippen LogP) is 0.485. The molecule has 1 fully saturated rings. The Morgan fingerprint density at radius 2 is 2.57 bits per heavy atom. The number of carbonyl (C=O) groups is 1. The summed E-state index contributed by atoms with van der Waals surface area (Å²) in [6.07, 6.45) is 1.36. The Morgan fingerprint density at radius 3 is 3.14 bits per heavy atom. The lowest BCUT2D eigenvalue weighted by Crippen LogP contribution is -2.31. The number of hydrogen-bond acceptors (Lipinski definition) is 4. The van der Waals surface area contributed by atoms with Gasteiger partial charge in [-0.3, -0.25) is 0 Å². The van der Waals surface area contributed by atoms with E-state index in [9.17, 15) is 4.79 Å². The van der Waals surface area contributed by atoms with Gasteiger partial charge in [-0.25, -0.2) is 9.78 Å². The fourth-order valence-electron chi connectivity index (χ4n) is 1.36. The molecule has 1 aromatic rings. The second-order valence-electron chi connectivity index (χ2n) is 3.07. The highest BCUT2D eigenvalue weighted by atomic mass is 32.2. The van der Waals surface area contributed by atoms with E-state index >= 15 is 0 Å². The van der Waals surface area contributed by atoms with Crippen LogP contribution in [0.15, 0.2) is 6.20 Å². The van der Waals surface area contributed by atoms with Gasteiger partial charge in [0.1, 0.15) is 11.5 Å². The first-order valence-corrected chi connectivity index (χ1v) is 5.52. The van der Waals surface area contributed by atoms with E-state index in [0.29, 0.717) is 0 Å². The molecule has 1 aromatic heterocycles. The normalized spacial score (nSPS) is 22.1. The van der Waals surface area contributed by atoms with Crippen LogP contribution in [0.4, 0.5) is 0 Å². The Bertz CT molecular complexity index is 333. The van der Waals surface area contributed by atoms with Crippen LogP contribution in [0.3, 0.4) is 0 Å². The molecule has 1 aliphatic heterocycles. The summed E-state index contributed by atoms with van der Waals surface area (Å²) in [6.45, 7) is 0.943. The van der Waals surface area contributed by atoms with Crippen molar-refractivity contribution in [3.8, 4) is 0 Å². The molecule has 5 nitrogen and oxygen atoms in total. The first-order valence-electron chi connectivity index (χ1n) is 4.36. The smallest absolute Gasteiger partial charge is 0.353 e. The molecule has 6 heteroatoms. The van der Waals surface area contributed by atoms with Crippen molar-refractivity contribution in [1.82, 2.24) is 15.3 Å². The number of thioether (sulfide) groups is 1. The van der Waals surface area contributed by atoms with E-state index in [-0.39, 0.29) is 11.7 Å². The summed E-state index contributed by atoms with van der Waals surface area (Å²) in [7, 11) is 0. The average Bonchev–Trinajstić information content (AvgIpc) is 2.68. The number of hydrogen-bond donors (Lipinski definition) is 3. The number of H-pyrrole nitrogens is 1. The van der Waals surface area contributed by atoms with Crippen molar-refractivity contribution >= 4 is 17.7 Å². The standard InChI is InChI=1S/C8H11N3O2S/c12-8(13)5-3-10-7(11-5)6-4-14-2-1-9-6/h3,6,9H,1-2,4H2,(H,10,11)(H,12,13). The van der Waals surface area contributed by atoms with Gasteiger partial charge in [0.05, 0.1) is 12.2 Å². The van der Waals surface area contributed by atoms with Gasteiger partial charge in [0.15, 0.2) is 0 Å². The maximum Gasteiger partial charge on any atom is 0.353 e. The summed E-state index contributed by atoms with van der Waals surface area (Å²) >= 11 is 1.85. The summed E-state index contributed by atoms with van der Waals surface area (Å²) < 4.78 is 0. The highest BCUT2D eigenvalue weighted by Gasteiger charge is 2.19. The van der Waals surface area contributed by atoms with E-state index < -0.39 is 5.97 Å². The minimum absolute atomic E-state index is 0.150. The highest BCUT2D eigenvalue weighted by Crippen LogP contribution is 2.19.